The summed E-state index contributed by atoms with van der Waals surface area (Å²) < 4.78 is 4.14. The van der Waals surface area contributed by atoms with Crippen LogP contribution in [0.1, 0.15) is 6.92 Å². The van der Waals surface area contributed by atoms with Crippen molar-refractivity contribution in [1.29, 1.82) is 0 Å². The Balaban J connectivity index is 3.72. The highest BCUT2D eigenvalue weighted by Gasteiger charge is 2.16. The predicted octanol–water partition coefficient (Wildman–Crippen LogP) is -0.244. The summed E-state index contributed by atoms with van der Waals surface area (Å²) >= 11 is 0. The fourth-order valence-electron chi connectivity index (χ4n) is 0.338. The Bertz CT molecular complexity index is 145. The topological polar surface area (TPSA) is 78.7 Å². The number of carbonyl (C=O) groups is 1. The monoisotopic (exact) mass is 149 g/mol. The van der Waals surface area contributed by atoms with Crippen molar-refractivity contribution in [3.8, 4) is 0 Å². The van der Waals surface area contributed by atoms with Crippen LogP contribution >= 0.6 is 0 Å². The second kappa shape index (κ2) is 3.65. The number of carbonyl (C=O) groups excluding carboxylic acids is 1. The number of methoxy groups -OCH3 is 1. The summed E-state index contributed by atoms with van der Waals surface area (Å²) in [5.74, 6) is -0.767. The molecule has 0 saturated heterocycles. The molecule has 58 valence electrons. The van der Waals surface area contributed by atoms with Crippen molar-refractivity contribution in [1.82, 2.24) is 0 Å². The van der Waals surface area contributed by atoms with E-state index in [1.807, 2.05) is 0 Å². The van der Waals surface area contributed by atoms with Crippen molar-refractivity contribution in [2.45, 2.75) is 13.0 Å². The van der Waals surface area contributed by atoms with Crippen LogP contribution < -0.4 is 0 Å². The predicted molar refractivity (Wildman–Crippen MR) is 29.6 cm³/mol. The lowest BCUT2D eigenvalue weighted by Gasteiger charge is -2.04. The zero-order chi connectivity index (χ0) is 8.15. The molecule has 0 unspecified atom stereocenters. The fraction of sp³-hybridized carbons (Fsp3) is 0.750. The Morgan fingerprint density at radius 1 is 1.70 bits per heavy atom. The highest BCUT2D eigenvalue weighted by atomic mass is 17.0. The molecule has 10 heavy (non-hydrogen) atoms. The van der Waals surface area contributed by atoms with Crippen molar-refractivity contribution >= 4 is 5.97 Å². The van der Waals surface area contributed by atoms with Gasteiger partial charge < -0.3 is 4.74 Å². The van der Waals surface area contributed by atoms with Gasteiger partial charge in [-0.3, -0.25) is 4.84 Å². The van der Waals surface area contributed by atoms with Gasteiger partial charge in [-0.05, 0) is 6.92 Å². The van der Waals surface area contributed by atoms with E-state index < -0.39 is 17.2 Å². The maximum absolute atomic E-state index is 10.4. The van der Waals surface area contributed by atoms with E-state index in [1.54, 1.807) is 0 Å². The molecule has 0 aromatic heterocycles. The summed E-state index contributed by atoms with van der Waals surface area (Å²) in [6.45, 7) is 1.23. The lowest BCUT2D eigenvalue weighted by atomic mass is 10.4. The van der Waals surface area contributed by atoms with Crippen LogP contribution in [0.4, 0.5) is 0 Å². The summed E-state index contributed by atoms with van der Waals surface area (Å²) in [6.07, 6.45) is -1.15. The second-order valence-corrected chi connectivity index (χ2v) is 1.49. The molecule has 0 spiro atoms. The molecular formula is C4H7NO5. The third kappa shape index (κ3) is 2.85. The first-order valence-electron chi connectivity index (χ1n) is 2.47. The van der Waals surface area contributed by atoms with E-state index >= 15 is 0 Å². The van der Waals surface area contributed by atoms with E-state index in [1.165, 1.54) is 6.92 Å². The van der Waals surface area contributed by atoms with Crippen LogP contribution in [0, 0.1) is 10.1 Å². The van der Waals surface area contributed by atoms with Gasteiger partial charge in [0.15, 0.2) is 0 Å². The maximum atomic E-state index is 10.4. The molecule has 0 aromatic rings. The van der Waals surface area contributed by atoms with E-state index in [4.69, 9.17) is 0 Å². The van der Waals surface area contributed by atoms with E-state index in [0.717, 1.165) is 7.11 Å². The van der Waals surface area contributed by atoms with Gasteiger partial charge in [-0.25, -0.2) is 4.79 Å². The standard InChI is InChI=1S/C4H7NO5/c1-3(4(6)9-2)10-5(7)8/h3H,1-2H3/t3-/m1/s1. The number of ether oxygens (including phenoxy) is 1. The molecule has 0 N–H and O–H groups in total. The van der Waals surface area contributed by atoms with Crippen molar-refractivity contribution in [3.05, 3.63) is 10.1 Å². The Morgan fingerprint density at radius 3 is 2.50 bits per heavy atom. The number of rotatable bonds is 3. The number of hydrogen-bond donors (Lipinski definition) is 0. The molecule has 1 atom stereocenters. The lowest BCUT2D eigenvalue weighted by molar-refractivity contribution is -0.764. The summed E-state index contributed by atoms with van der Waals surface area (Å²) in [5, 5.41) is 8.57. The first kappa shape index (κ1) is 8.67. The fourth-order valence-corrected chi connectivity index (χ4v) is 0.338. The molecular weight excluding hydrogens is 142 g/mol. The largest absolute Gasteiger partial charge is 0.467 e. The SMILES string of the molecule is COC(=O)[C@@H](C)O[N+](=O)[O-]. The van der Waals surface area contributed by atoms with Crippen molar-refractivity contribution in [2.24, 2.45) is 0 Å². The molecule has 0 amide bonds. The van der Waals surface area contributed by atoms with Crippen LogP contribution in [-0.4, -0.2) is 24.3 Å². The molecule has 0 heterocycles. The highest BCUT2D eigenvalue weighted by molar-refractivity contribution is 5.73. The number of nitrogens with zero attached hydrogens (tertiary/aromatic N) is 1. The summed E-state index contributed by atoms with van der Waals surface area (Å²) in [7, 11) is 1.13. The summed E-state index contributed by atoms with van der Waals surface area (Å²) in [4.78, 5) is 23.9. The third-order valence-electron chi connectivity index (χ3n) is 0.777. The lowest BCUT2D eigenvalue weighted by Crippen LogP contribution is -2.24. The van der Waals surface area contributed by atoms with Gasteiger partial charge in [0.1, 0.15) is 0 Å². The van der Waals surface area contributed by atoms with Crippen LogP contribution in [0.25, 0.3) is 0 Å². The van der Waals surface area contributed by atoms with E-state index in [-0.39, 0.29) is 0 Å². The molecule has 0 bridgehead atoms. The molecule has 0 aromatic carbocycles. The molecule has 6 nitrogen and oxygen atoms in total. The van der Waals surface area contributed by atoms with Crippen molar-refractivity contribution < 1.29 is 19.5 Å². The molecule has 0 rings (SSSR count). The molecule has 0 radical (unpaired) electrons. The molecule has 0 aliphatic carbocycles. The average Bonchev–Trinajstić information content (AvgIpc) is 1.85. The molecule has 6 heteroatoms. The normalized spacial score (nSPS) is 11.8. The van der Waals surface area contributed by atoms with Crippen LogP contribution in [0.5, 0.6) is 0 Å². The van der Waals surface area contributed by atoms with Crippen LogP contribution in [0.2, 0.25) is 0 Å². The molecule has 0 fully saturated rings. The quantitative estimate of drug-likeness (QED) is 0.314. The van der Waals surface area contributed by atoms with Gasteiger partial charge in [0.2, 0.25) is 6.10 Å². The van der Waals surface area contributed by atoms with Crippen molar-refractivity contribution in [3.63, 3.8) is 0 Å². The van der Waals surface area contributed by atoms with E-state index in [2.05, 4.69) is 9.57 Å². The zero-order valence-corrected chi connectivity index (χ0v) is 5.57. The van der Waals surface area contributed by atoms with E-state index in [9.17, 15) is 14.9 Å². The van der Waals surface area contributed by atoms with Crippen LogP contribution in [-0.2, 0) is 14.4 Å². The van der Waals surface area contributed by atoms with E-state index in [0.29, 0.717) is 0 Å². The second-order valence-electron chi connectivity index (χ2n) is 1.49. The van der Waals surface area contributed by atoms with Gasteiger partial charge in [0.05, 0.1) is 7.11 Å². The Labute approximate surface area is 56.8 Å². The van der Waals surface area contributed by atoms with Gasteiger partial charge in [-0.15, -0.1) is 10.1 Å². The maximum Gasteiger partial charge on any atom is 0.334 e. The van der Waals surface area contributed by atoms with Crippen molar-refractivity contribution in [2.75, 3.05) is 7.11 Å². The van der Waals surface area contributed by atoms with Gasteiger partial charge in [0.25, 0.3) is 5.09 Å². The molecule has 0 aliphatic heterocycles. The van der Waals surface area contributed by atoms with Gasteiger partial charge in [-0.2, -0.15) is 0 Å². The zero-order valence-electron chi connectivity index (χ0n) is 5.57. The molecule has 0 saturated carbocycles. The van der Waals surface area contributed by atoms with Crippen LogP contribution in [0.15, 0.2) is 0 Å². The summed E-state index contributed by atoms with van der Waals surface area (Å²) in [6, 6.07) is 0. The minimum Gasteiger partial charge on any atom is -0.467 e. The minimum absolute atomic E-state index is 0.767. The first-order chi connectivity index (χ1) is 4.57. The Kier molecular flexibility index (Phi) is 3.16. The Hall–Kier alpha value is -1.33. The molecule has 0 aliphatic rings. The van der Waals surface area contributed by atoms with Crippen LogP contribution in [0.3, 0.4) is 0 Å². The Morgan fingerprint density at radius 2 is 2.20 bits per heavy atom. The smallest absolute Gasteiger partial charge is 0.334 e. The van der Waals surface area contributed by atoms with Gasteiger partial charge in [0, 0.05) is 0 Å². The average molecular weight is 149 g/mol. The third-order valence-corrected chi connectivity index (χ3v) is 0.777. The minimum atomic E-state index is -1.15. The highest BCUT2D eigenvalue weighted by Crippen LogP contribution is 1.92. The van der Waals surface area contributed by atoms with Gasteiger partial charge >= 0.3 is 5.97 Å². The summed E-state index contributed by atoms with van der Waals surface area (Å²) in [5.41, 5.74) is 0. The first-order valence-corrected chi connectivity index (χ1v) is 2.47. The number of esters is 1. The van der Waals surface area contributed by atoms with Gasteiger partial charge in [-0.1, -0.05) is 0 Å². The number of hydrogen-bond acceptors (Lipinski definition) is 5.